The molecule has 0 fully saturated rings. The molecular formula is C12H19N3O5S. The Balaban J connectivity index is 3.08. The van der Waals surface area contributed by atoms with E-state index in [9.17, 15) is 18.0 Å². The number of aryl methyl sites for hydroxylation is 1. The molecule has 1 rings (SSSR count). The van der Waals surface area contributed by atoms with Crippen LogP contribution >= 0.6 is 0 Å². The van der Waals surface area contributed by atoms with Gasteiger partial charge in [0.05, 0.1) is 0 Å². The fraction of sp³-hybridized carbons (Fsp3) is 0.500. The van der Waals surface area contributed by atoms with Gasteiger partial charge in [-0.15, -0.1) is 0 Å². The summed E-state index contributed by atoms with van der Waals surface area (Å²) in [6.45, 7) is 1.76. The third-order valence-electron chi connectivity index (χ3n) is 2.92. The Morgan fingerprint density at radius 2 is 2.05 bits per heavy atom. The molecule has 0 spiro atoms. The maximum atomic E-state index is 12.2. The molecule has 0 aliphatic rings. The average Bonchev–Trinajstić information content (AvgIpc) is 2.80. The Morgan fingerprint density at radius 1 is 1.43 bits per heavy atom. The van der Waals surface area contributed by atoms with E-state index in [1.54, 1.807) is 6.92 Å². The van der Waals surface area contributed by atoms with Gasteiger partial charge in [0.1, 0.15) is 16.6 Å². The number of carbonyl (C=O) groups excluding carboxylic acids is 1. The van der Waals surface area contributed by atoms with E-state index >= 15 is 0 Å². The number of sulfonamides is 1. The van der Waals surface area contributed by atoms with E-state index in [1.807, 2.05) is 0 Å². The lowest BCUT2D eigenvalue weighted by molar-refractivity contribution is -0.139. The van der Waals surface area contributed by atoms with E-state index in [4.69, 9.17) is 5.11 Å². The minimum absolute atomic E-state index is 0.147. The molecule has 118 valence electrons. The van der Waals surface area contributed by atoms with Crippen LogP contribution in [0.15, 0.2) is 17.2 Å². The molecule has 0 aromatic carbocycles. The van der Waals surface area contributed by atoms with Gasteiger partial charge in [0.15, 0.2) is 0 Å². The molecule has 1 heterocycles. The minimum Gasteiger partial charge on any atom is -0.480 e. The Hall–Kier alpha value is -1.87. The molecule has 1 aromatic heterocycles. The van der Waals surface area contributed by atoms with Crippen LogP contribution in [0.5, 0.6) is 0 Å². The summed E-state index contributed by atoms with van der Waals surface area (Å²) < 4.78 is 27.9. The number of nitrogens with one attached hydrogen (secondary N) is 2. The lowest BCUT2D eigenvalue weighted by Crippen LogP contribution is -2.40. The van der Waals surface area contributed by atoms with Gasteiger partial charge < -0.3 is 15.0 Å². The summed E-state index contributed by atoms with van der Waals surface area (Å²) >= 11 is 0. The zero-order valence-electron chi connectivity index (χ0n) is 12.1. The first-order valence-corrected chi connectivity index (χ1v) is 7.84. The number of aliphatic carboxylic acids is 1. The maximum Gasteiger partial charge on any atom is 0.321 e. The highest BCUT2D eigenvalue weighted by Crippen LogP contribution is 2.14. The van der Waals surface area contributed by atoms with Crippen molar-refractivity contribution in [2.24, 2.45) is 7.05 Å². The van der Waals surface area contributed by atoms with Gasteiger partial charge in [-0.2, -0.15) is 4.72 Å². The molecule has 1 amide bonds. The summed E-state index contributed by atoms with van der Waals surface area (Å²) in [5.41, 5.74) is 0.167. The number of carboxylic acid groups (broad SMARTS) is 1. The molecule has 0 radical (unpaired) electrons. The van der Waals surface area contributed by atoms with Gasteiger partial charge in [-0.1, -0.05) is 13.3 Å². The molecule has 1 atom stereocenters. The van der Waals surface area contributed by atoms with Gasteiger partial charge in [0.2, 0.25) is 10.0 Å². The van der Waals surface area contributed by atoms with Crippen molar-refractivity contribution in [2.75, 3.05) is 7.05 Å². The molecule has 0 saturated carbocycles. The standard InChI is InChI=1S/C12H19N3O5S/c1-4-5-9(12(17)18)14-21(19,20)8-6-10(11(16)13-2)15(3)7-8/h6-7,9,14H,4-5H2,1-3H3,(H,13,16)(H,17,18)/t9-/m0/s1. The second kappa shape index (κ2) is 6.72. The van der Waals surface area contributed by atoms with Crippen molar-refractivity contribution < 1.29 is 23.1 Å². The van der Waals surface area contributed by atoms with Gasteiger partial charge in [-0.05, 0) is 12.5 Å². The highest BCUT2D eigenvalue weighted by atomic mass is 32.2. The third-order valence-corrected chi connectivity index (χ3v) is 4.36. The molecule has 8 nitrogen and oxygen atoms in total. The molecule has 0 unspecified atom stereocenters. The first-order valence-electron chi connectivity index (χ1n) is 6.36. The van der Waals surface area contributed by atoms with Gasteiger partial charge in [-0.25, -0.2) is 8.42 Å². The van der Waals surface area contributed by atoms with Crippen LogP contribution < -0.4 is 10.0 Å². The zero-order chi connectivity index (χ0) is 16.2. The lowest BCUT2D eigenvalue weighted by Gasteiger charge is -2.12. The van der Waals surface area contributed by atoms with Crippen molar-refractivity contribution in [1.29, 1.82) is 0 Å². The average molecular weight is 317 g/mol. The molecule has 21 heavy (non-hydrogen) atoms. The highest BCUT2D eigenvalue weighted by Gasteiger charge is 2.26. The molecule has 0 aliphatic heterocycles. The second-order valence-corrected chi connectivity index (χ2v) is 6.27. The van der Waals surface area contributed by atoms with Crippen molar-refractivity contribution in [3.05, 3.63) is 18.0 Å². The molecule has 0 saturated heterocycles. The fourth-order valence-corrected chi connectivity index (χ4v) is 3.10. The van der Waals surface area contributed by atoms with Crippen LogP contribution in [0.4, 0.5) is 0 Å². The Kier molecular flexibility index (Phi) is 5.50. The van der Waals surface area contributed by atoms with Crippen LogP contribution in [0.3, 0.4) is 0 Å². The zero-order valence-corrected chi connectivity index (χ0v) is 12.9. The van der Waals surface area contributed by atoms with E-state index in [0.29, 0.717) is 6.42 Å². The van der Waals surface area contributed by atoms with Crippen molar-refractivity contribution >= 4 is 21.9 Å². The molecular weight excluding hydrogens is 298 g/mol. The molecule has 0 bridgehead atoms. The van der Waals surface area contributed by atoms with Crippen LogP contribution in [-0.4, -0.2) is 43.1 Å². The summed E-state index contributed by atoms with van der Waals surface area (Å²) in [6, 6.07) is 0.00936. The molecule has 0 aliphatic carbocycles. The monoisotopic (exact) mass is 317 g/mol. The number of rotatable bonds is 7. The van der Waals surface area contributed by atoms with Crippen LogP contribution in [0.2, 0.25) is 0 Å². The highest BCUT2D eigenvalue weighted by molar-refractivity contribution is 7.89. The normalized spacial score (nSPS) is 12.9. The Labute approximate surface area is 123 Å². The SMILES string of the molecule is CCC[C@H](NS(=O)(=O)c1cc(C(=O)NC)n(C)c1)C(=O)O. The van der Waals surface area contributed by atoms with Crippen molar-refractivity contribution in [3.63, 3.8) is 0 Å². The predicted molar refractivity (Wildman–Crippen MR) is 75.5 cm³/mol. The van der Waals surface area contributed by atoms with Gasteiger partial charge >= 0.3 is 5.97 Å². The number of amides is 1. The smallest absolute Gasteiger partial charge is 0.321 e. The number of aromatic nitrogens is 1. The summed E-state index contributed by atoms with van der Waals surface area (Å²) in [4.78, 5) is 22.4. The van der Waals surface area contributed by atoms with Crippen LogP contribution in [0, 0.1) is 0 Å². The summed E-state index contributed by atoms with van der Waals surface area (Å²) in [5, 5.41) is 11.4. The van der Waals surface area contributed by atoms with Gasteiger partial charge in [0.25, 0.3) is 5.91 Å². The number of nitrogens with zero attached hydrogens (tertiary/aromatic N) is 1. The third kappa shape index (κ3) is 4.05. The number of carbonyl (C=O) groups is 2. The summed E-state index contributed by atoms with van der Waals surface area (Å²) in [5.74, 6) is -1.66. The quantitative estimate of drug-likeness (QED) is 0.650. The van der Waals surface area contributed by atoms with E-state index in [0.717, 1.165) is 0 Å². The van der Waals surface area contributed by atoms with E-state index in [-0.39, 0.29) is 17.0 Å². The van der Waals surface area contributed by atoms with Crippen LogP contribution in [-0.2, 0) is 21.9 Å². The largest absolute Gasteiger partial charge is 0.480 e. The van der Waals surface area contributed by atoms with Crippen molar-refractivity contribution in [1.82, 2.24) is 14.6 Å². The van der Waals surface area contributed by atoms with Crippen LogP contribution in [0.25, 0.3) is 0 Å². The first-order chi connectivity index (χ1) is 9.72. The summed E-state index contributed by atoms with van der Waals surface area (Å²) in [7, 11) is -1.04. The van der Waals surface area contributed by atoms with E-state index in [1.165, 1.54) is 30.9 Å². The van der Waals surface area contributed by atoms with Gasteiger partial charge in [0, 0.05) is 20.3 Å². The molecule has 1 aromatic rings. The topological polar surface area (TPSA) is 117 Å². The minimum atomic E-state index is -4.00. The van der Waals surface area contributed by atoms with Gasteiger partial charge in [-0.3, -0.25) is 9.59 Å². The number of carboxylic acids is 1. The van der Waals surface area contributed by atoms with E-state index in [2.05, 4.69) is 10.0 Å². The van der Waals surface area contributed by atoms with E-state index < -0.39 is 27.9 Å². The van der Waals surface area contributed by atoms with Crippen molar-refractivity contribution in [3.8, 4) is 0 Å². The second-order valence-electron chi connectivity index (χ2n) is 4.55. The van der Waals surface area contributed by atoms with Crippen molar-refractivity contribution in [2.45, 2.75) is 30.7 Å². The summed E-state index contributed by atoms with van der Waals surface area (Å²) in [6.07, 6.45) is 1.97. The number of hydrogen-bond acceptors (Lipinski definition) is 4. The van der Waals surface area contributed by atoms with Crippen LogP contribution in [0.1, 0.15) is 30.3 Å². The molecule has 3 N–H and O–H groups in total. The maximum absolute atomic E-state index is 12.2. The fourth-order valence-electron chi connectivity index (χ4n) is 1.81. The molecule has 9 heteroatoms. The predicted octanol–water partition coefficient (Wildman–Crippen LogP) is -0.0837. The lowest BCUT2D eigenvalue weighted by atomic mass is 10.2. The Bertz CT molecular complexity index is 635. The Morgan fingerprint density at radius 3 is 2.52 bits per heavy atom. The number of hydrogen-bond donors (Lipinski definition) is 3. The first kappa shape index (κ1) is 17.2.